The molecular weight excluding hydrogens is 434 g/mol. The standard InChI is InChI=1S/C26H23N3O5/c1-3-32-26(31)18-12-14-19(15-13-18)27-23(30)16-33-22-11-7-6-10-21(22)25-28-24(29-34-25)20-9-5-4-8-17(20)2/h4-15H,3,16H2,1-2H3,(H,27,30). The third-order valence-electron chi connectivity index (χ3n) is 4.97. The van der Waals surface area contributed by atoms with Crippen LogP contribution in [0.5, 0.6) is 5.75 Å². The van der Waals surface area contributed by atoms with E-state index in [1.165, 1.54) is 0 Å². The number of carbonyl (C=O) groups excluding carboxylic acids is 2. The number of aromatic nitrogens is 2. The van der Waals surface area contributed by atoms with E-state index in [0.717, 1.165) is 11.1 Å². The van der Waals surface area contributed by atoms with Crippen LogP contribution in [0.4, 0.5) is 5.69 Å². The third kappa shape index (κ3) is 5.29. The van der Waals surface area contributed by atoms with Crippen molar-refractivity contribution in [1.82, 2.24) is 10.1 Å². The van der Waals surface area contributed by atoms with Gasteiger partial charge in [0.1, 0.15) is 5.75 Å². The van der Waals surface area contributed by atoms with Gasteiger partial charge >= 0.3 is 5.97 Å². The van der Waals surface area contributed by atoms with Gasteiger partial charge in [0.05, 0.1) is 17.7 Å². The van der Waals surface area contributed by atoms with E-state index in [2.05, 4.69) is 15.5 Å². The fourth-order valence-electron chi connectivity index (χ4n) is 3.28. The fourth-order valence-corrected chi connectivity index (χ4v) is 3.28. The Labute approximate surface area is 196 Å². The van der Waals surface area contributed by atoms with Crippen LogP contribution in [0.1, 0.15) is 22.8 Å². The van der Waals surface area contributed by atoms with Crippen LogP contribution >= 0.6 is 0 Å². The van der Waals surface area contributed by atoms with Crippen LogP contribution in [0.25, 0.3) is 22.8 Å². The van der Waals surface area contributed by atoms with Gasteiger partial charge in [0.15, 0.2) is 6.61 Å². The van der Waals surface area contributed by atoms with Crippen molar-refractivity contribution in [1.29, 1.82) is 0 Å². The van der Waals surface area contributed by atoms with Crippen LogP contribution in [0.2, 0.25) is 0 Å². The van der Waals surface area contributed by atoms with E-state index in [0.29, 0.717) is 40.9 Å². The van der Waals surface area contributed by atoms with Crippen molar-refractivity contribution in [2.24, 2.45) is 0 Å². The van der Waals surface area contributed by atoms with Gasteiger partial charge in [-0.25, -0.2) is 4.79 Å². The zero-order chi connectivity index (χ0) is 23.9. The lowest BCUT2D eigenvalue weighted by Crippen LogP contribution is -2.20. The van der Waals surface area contributed by atoms with Crippen LogP contribution in [-0.2, 0) is 9.53 Å². The molecule has 0 saturated heterocycles. The predicted molar refractivity (Wildman–Crippen MR) is 126 cm³/mol. The maximum atomic E-state index is 12.4. The Morgan fingerprint density at radius 2 is 1.65 bits per heavy atom. The molecule has 0 radical (unpaired) electrons. The molecule has 1 heterocycles. The molecule has 1 aromatic heterocycles. The molecule has 0 aliphatic carbocycles. The Morgan fingerprint density at radius 1 is 0.941 bits per heavy atom. The predicted octanol–water partition coefficient (Wildman–Crippen LogP) is 4.91. The molecule has 1 amide bonds. The minimum absolute atomic E-state index is 0.227. The summed E-state index contributed by atoms with van der Waals surface area (Å²) in [6.07, 6.45) is 0. The number of anilines is 1. The van der Waals surface area contributed by atoms with Crippen molar-refractivity contribution in [2.45, 2.75) is 13.8 Å². The van der Waals surface area contributed by atoms with Crippen LogP contribution in [-0.4, -0.2) is 35.2 Å². The van der Waals surface area contributed by atoms with Gasteiger partial charge < -0.3 is 19.3 Å². The number of rotatable bonds is 8. The van der Waals surface area contributed by atoms with E-state index < -0.39 is 5.97 Å². The molecule has 34 heavy (non-hydrogen) atoms. The summed E-state index contributed by atoms with van der Waals surface area (Å²) in [5.41, 5.74) is 3.45. The number of hydrogen-bond donors (Lipinski definition) is 1. The summed E-state index contributed by atoms with van der Waals surface area (Å²) < 4.78 is 16.2. The first-order chi connectivity index (χ1) is 16.5. The van der Waals surface area contributed by atoms with E-state index in [9.17, 15) is 9.59 Å². The number of benzene rings is 3. The number of amides is 1. The minimum atomic E-state index is -0.410. The van der Waals surface area contributed by atoms with E-state index in [4.69, 9.17) is 14.0 Å². The van der Waals surface area contributed by atoms with E-state index in [1.807, 2.05) is 37.3 Å². The quantitative estimate of drug-likeness (QED) is 0.375. The molecule has 0 atom stereocenters. The smallest absolute Gasteiger partial charge is 0.338 e. The summed E-state index contributed by atoms with van der Waals surface area (Å²) >= 11 is 0. The normalized spacial score (nSPS) is 10.5. The van der Waals surface area contributed by atoms with Crippen LogP contribution in [0.3, 0.4) is 0 Å². The van der Waals surface area contributed by atoms with Gasteiger partial charge in [0.2, 0.25) is 5.82 Å². The number of carbonyl (C=O) groups is 2. The Hall–Kier alpha value is -4.46. The first kappa shape index (κ1) is 22.7. The van der Waals surface area contributed by atoms with Crippen molar-refractivity contribution < 1.29 is 23.6 Å². The Balaban J connectivity index is 1.42. The average Bonchev–Trinajstić information content (AvgIpc) is 3.34. The number of ether oxygens (including phenoxy) is 2. The fraction of sp³-hybridized carbons (Fsp3) is 0.154. The van der Waals surface area contributed by atoms with Gasteiger partial charge in [-0.2, -0.15) is 4.98 Å². The van der Waals surface area contributed by atoms with Gasteiger partial charge in [-0.15, -0.1) is 0 Å². The zero-order valence-electron chi connectivity index (χ0n) is 18.8. The molecule has 4 aromatic rings. The van der Waals surface area contributed by atoms with Crippen LogP contribution in [0.15, 0.2) is 77.3 Å². The van der Waals surface area contributed by atoms with Crippen molar-refractivity contribution in [3.63, 3.8) is 0 Å². The highest BCUT2D eigenvalue weighted by molar-refractivity contribution is 5.93. The molecule has 0 spiro atoms. The Bertz CT molecular complexity index is 1300. The highest BCUT2D eigenvalue weighted by atomic mass is 16.5. The topological polar surface area (TPSA) is 104 Å². The largest absolute Gasteiger partial charge is 0.483 e. The van der Waals surface area contributed by atoms with Crippen molar-refractivity contribution >= 4 is 17.6 Å². The second kappa shape index (κ2) is 10.4. The lowest BCUT2D eigenvalue weighted by molar-refractivity contribution is -0.118. The maximum absolute atomic E-state index is 12.4. The van der Waals surface area contributed by atoms with Crippen LogP contribution < -0.4 is 10.1 Å². The molecule has 0 unspecified atom stereocenters. The van der Waals surface area contributed by atoms with Gasteiger partial charge in [-0.3, -0.25) is 4.79 Å². The summed E-state index contributed by atoms with van der Waals surface area (Å²) in [6, 6.07) is 21.3. The number of nitrogens with zero attached hydrogens (tertiary/aromatic N) is 2. The van der Waals surface area contributed by atoms with Gasteiger partial charge in [-0.1, -0.05) is 41.6 Å². The summed E-state index contributed by atoms with van der Waals surface area (Å²) in [5, 5.41) is 6.83. The second-order valence-electron chi connectivity index (χ2n) is 7.37. The summed E-state index contributed by atoms with van der Waals surface area (Å²) in [6.45, 7) is 3.79. The third-order valence-corrected chi connectivity index (χ3v) is 4.97. The number of aryl methyl sites for hydroxylation is 1. The number of esters is 1. The molecule has 8 heteroatoms. The number of nitrogens with one attached hydrogen (secondary N) is 1. The highest BCUT2D eigenvalue weighted by Gasteiger charge is 2.16. The SMILES string of the molecule is CCOC(=O)c1ccc(NC(=O)COc2ccccc2-c2nc(-c3ccccc3C)no2)cc1. The Kier molecular flexibility index (Phi) is 6.98. The molecule has 0 fully saturated rings. The molecule has 4 rings (SSSR count). The molecule has 1 N–H and O–H groups in total. The van der Waals surface area contributed by atoms with E-state index >= 15 is 0 Å². The Morgan fingerprint density at radius 3 is 2.38 bits per heavy atom. The van der Waals surface area contributed by atoms with E-state index in [-0.39, 0.29) is 12.5 Å². The second-order valence-corrected chi connectivity index (χ2v) is 7.37. The van der Waals surface area contributed by atoms with Crippen molar-refractivity contribution in [3.05, 3.63) is 83.9 Å². The molecule has 0 bridgehead atoms. The van der Waals surface area contributed by atoms with Gasteiger partial charge in [-0.05, 0) is 55.8 Å². The minimum Gasteiger partial charge on any atom is -0.483 e. The first-order valence-electron chi connectivity index (χ1n) is 10.7. The van der Waals surface area contributed by atoms with E-state index in [1.54, 1.807) is 49.4 Å². The monoisotopic (exact) mass is 457 g/mol. The average molecular weight is 457 g/mol. The zero-order valence-corrected chi connectivity index (χ0v) is 18.8. The molecule has 0 aliphatic rings. The van der Waals surface area contributed by atoms with Crippen LogP contribution in [0, 0.1) is 6.92 Å². The van der Waals surface area contributed by atoms with Gasteiger partial charge in [0.25, 0.3) is 11.8 Å². The first-order valence-corrected chi connectivity index (χ1v) is 10.7. The number of hydrogen-bond acceptors (Lipinski definition) is 7. The summed E-state index contributed by atoms with van der Waals surface area (Å²) in [7, 11) is 0. The molecule has 172 valence electrons. The maximum Gasteiger partial charge on any atom is 0.338 e. The molecular formula is C26H23N3O5. The number of para-hydroxylation sites is 1. The highest BCUT2D eigenvalue weighted by Crippen LogP contribution is 2.30. The summed E-state index contributed by atoms with van der Waals surface area (Å²) in [4.78, 5) is 28.6. The van der Waals surface area contributed by atoms with Crippen molar-refractivity contribution in [2.75, 3.05) is 18.5 Å². The lowest BCUT2D eigenvalue weighted by Gasteiger charge is -2.10. The summed E-state index contributed by atoms with van der Waals surface area (Å²) in [5.74, 6) is 0.447. The lowest BCUT2D eigenvalue weighted by atomic mass is 10.1. The molecule has 3 aromatic carbocycles. The molecule has 0 aliphatic heterocycles. The van der Waals surface area contributed by atoms with Gasteiger partial charge in [0, 0.05) is 11.3 Å². The molecule has 8 nitrogen and oxygen atoms in total. The molecule has 0 saturated carbocycles. The van der Waals surface area contributed by atoms with Crippen molar-refractivity contribution in [3.8, 4) is 28.6 Å².